The predicted molar refractivity (Wildman–Crippen MR) is 83.7 cm³/mol. The number of fused-ring (bicyclic) bond motifs is 1. The fourth-order valence-electron chi connectivity index (χ4n) is 3.18. The summed E-state index contributed by atoms with van der Waals surface area (Å²) in [5.74, 6) is -1.28. The van der Waals surface area contributed by atoms with E-state index in [1.807, 2.05) is 6.08 Å². The molecule has 0 bridgehead atoms. The molecular formula is C15H26ClNO5. The van der Waals surface area contributed by atoms with Gasteiger partial charge in [-0.05, 0) is 24.8 Å². The Morgan fingerprint density at radius 1 is 1.50 bits per heavy atom. The molecular weight excluding hydrogens is 310 g/mol. The standard InChI is InChI=1S/C15H25NO5.ClH/c1-9(2)15(20,10(3)17)14(19)21-8-11-4-6-16-7-5-12(18)13(11)16;/h4,9-10,12-13,17-18,20H,5-8H2,1-3H3;1H/t10-,12-,13-,15+;/m1./s1. The van der Waals surface area contributed by atoms with Gasteiger partial charge in [-0.15, -0.1) is 12.4 Å². The number of esters is 1. The zero-order chi connectivity index (χ0) is 15.8. The molecule has 2 heterocycles. The second-order valence-electron chi connectivity index (χ2n) is 6.31. The first kappa shape index (κ1) is 19.4. The van der Waals surface area contributed by atoms with Gasteiger partial charge in [-0.2, -0.15) is 0 Å². The molecule has 2 rings (SSSR count). The Morgan fingerprint density at radius 3 is 2.68 bits per heavy atom. The van der Waals surface area contributed by atoms with Gasteiger partial charge in [0, 0.05) is 13.1 Å². The zero-order valence-corrected chi connectivity index (χ0v) is 14.0. The highest BCUT2D eigenvalue weighted by molar-refractivity contribution is 5.85. The summed E-state index contributed by atoms with van der Waals surface area (Å²) in [6.07, 6.45) is 1.03. The van der Waals surface area contributed by atoms with Crippen LogP contribution in [0.4, 0.5) is 0 Å². The first-order valence-electron chi connectivity index (χ1n) is 7.47. The van der Waals surface area contributed by atoms with E-state index >= 15 is 0 Å². The molecule has 22 heavy (non-hydrogen) atoms. The van der Waals surface area contributed by atoms with E-state index in [9.17, 15) is 20.1 Å². The van der Waals surface area contributed by atoms with Crippen LogP contribution in [0.2, 0.25) is 0 Å². The van der Waals surface area contributed by atoms with Crippen LogP contribution < -0.4 is 0 Å². The number of rotatable bonds is 5. The normalized spacial score (nSPS) is 28.6. The monoisotopic (exact) mass is 335 g/mol. The molecule has 4 atom stereocenters. The molecule has 0 aromatic rings. The Morgan fingerprint density at radius 2 is 2.14 bits per heavy atom. The lowest BCUT2D eigenvalue weighted by atomic mass is 9.85. The first-order valence-corrected chi connectivity index (χ1v) is 7.47. The van der Waals surface area contributed by atoms with Crippen LogP contribution in [0.1, 0.15) is 27.2 Å². The minimum atomic E-state index is -1.91. The van der Waals surface area contributed by atoms with Gasteiger partial charge in [0.1, 0.15) is 6.61 Å². The van der Waals surface area contributed by atoms with Crippen molar-refractivity contribution in [3.63, 3.8) is 0 Å². The largest absolute Gasteiger partial charge is 0.459 e. The van der Waals surface area contributed by atoms with E-state index in [1.165, 1.54) is 6.92 Å². The molecule has 0 aliphatic carbocycles. The molecule has 1 saturated heterocycles. The number of hydrogen-bond donors (Lipinski definition) is 3. The molecule has 0 radical (unpaired) electrons. The fourth-order valence-corrected chi connectivity index (χ4v) is 3.18. The van der Waals surface area contributed by atoms with E-state index < -0.39 is 29.7 Å². The van der Waals surface area contributed by atoms with Crippen LogP contribution in [0.15, 0.2) is 11.6 Å². The third-order valence-electron chi connectivity index (χ3n) is 4.65. The first-order chi connectivity index (χ1) is 9.78. The van der Waals surface area contributed by atoms with Crippen LogP contribution in [-0.4, -0.2) is 69.7 Å². The van der Waals surface area contributed by atoms with Gasteiger partial charge in [-0.25, -0.2) is 4.79 Å². The summed E-state index contributed by atoms with van der Waals surface area (Å²) in [6, 6.07) is -0.0866. The minimum Gasteiger partial charge on any atom is -0.459 e. The molecule has 0 amide bonds. The molecule has 7 heteroatoms. The highest BCUT2D eigenvalue weighted by Gasteiger charge is 2.46. The van der Waals surface area contributed by atoms with E-state index in [-0.39, 0.29) is 25.1 Å². The topological polar surface area (TPSA) is 90.2 Å². The summed E-state index contributed by atoms with van der Waals surface area (Å²) < 4.78 is 5.22. The molecule has 2 aliphatic rings. The SMILES string of the molecule is CC(C)[C@@](O)(C(=O)OCC1=CCN2CC[C@@H](O)[C@@H]12)[C@@H](C)O.Cl. The highest BCUT2D eigenvalue weighted by Crippen LogP contribution is 2.30. The van der Waals surface area contributed by atoms with Crippen molar-refractivity contribution < 1.29 is 24.9 Å². The molecule has 0 spiro atoms. The number of carbonyl (C=O) groups excluding carboxylic acids is 1. The van der Waals surface area contributed by atoms with Gasteiger partial charge in [0.15, 0.2) is 5.60 Å². The number of halogens is 1. The molecule has 3 N–H and O–H groups in total. The maximum atomic E-state index is 12.1. The predicted octanol–water partition coefficient (Wildman–Crippen LogP) is 0.0945. The average molecular weight is 336 g/mol. The third kappa shape index (κ3) is 3.31. The fraction of sp³-hybridized carbons (Fsp3) is 0.800. The third-order valence-corrected chi connectivity index (χ3v) is 4.65. The number of aliphatic hydroxyl groups is 3. The Hall–Kier alpha value is -0.660. The number of aliphatic hydroxyl groups excluding tert-OH is 2. The van der Waals surface area contributed by atoms with Crippen molar-refractivity contribution >= 4 is 18.4 Å². The molecule has 1 fully saturated rings. The molecule has 6 nitrogen and oxygen atoms in total. The van der Waals surface area contributed by atoms with Crippen molar-refractivity contribution in [2.24, 2.45) is 5.92 Å². The van der Waals surface area contributed by atoms with Crippen molar-refractivity contribution in [1.29, 1.82) is 0 Å². The van der Waals surface area contributed by atoms with Crippen molar-refractivity contribution in [2.45, 2.75) is 51.0 Å². The molecule has 0 aromatic heterocycles. The van der Waals surface area contributed by atoms with E-state index in [4.69, 9.17) is 4.74 Å². The van der Waals surface area contributed by atoms with E-state index in [2.05, 4.69) is 4.90 Å². The van der Waals surface area contributed by atoms with Gasteiger partial charge >= 0.3 is 5.97 Å². The molecule has 2 aliphatic heterocycles. The Labute approximate surface area is 137 Å². The number of nitrogens with zero attached hydrogens (tertiary/aromatic N) is 1. The average Bonchev–Trinajstić information content (AvgIpc) is 2.98. The van der Waals surface area contributed by atoms with Crippen LogP contribution in [-0.2, 0) is 9.53 Å². The molecule has 0 aromatic carbocycles. The van der Waals surface area contributed by atoms with Crippen LogP contribution >= 0.6 is 12.4 Å². The van der Waals surface area contributed by atoms with Crippen LogP contribution in [0.25, 0.3) is 0 Å². The Bertz CT molecular complexity index is 430. The van der Waals surface area contributed by atoms with Gasteiger partial charge in [-0.3, -0.25) is 4.90 Å². The molecule has 128 valence electrons. The quantitative estimate of drug-likeness (QED) is 0.487. The lowest BCUT2D eigenvalue weighted by molar-refractivity contribution is -0.183. The second kappa shape index (κ2) is 7.27. The highest BCUT2D eigenvalue weighted by atomic mass is 35.5. The number of ether oxygens (including phenoxy) is 1. The van der Waals surface area contributed by atoms with Crippen molar-refractivity contribution in [3.05, 3.63) is 11.6 Å². The minimum absolute atomic E-state index is 0. The number of carbonyl (C=O) groups is 1. The summed E-state index contributed by atoms with van der Waals surface area (Å²) in [5, 5.41) is 30.0. The summed E-state index contributed by atoms with van der Waals surface area (Å²) in [6.45, 7) is 6.32. The Balaban J connectivity index is 0.00000242. The maximum Gasteiger partial charge on any atom is 0.341 e. The summed E-state index contributed by atoms with van der Waals surface area (Å²) in [4.78, 5) is 14.3. The smallest absolute Gasteiger partial charge is 0.341 e. The molecule has 0 saturated carbocycles. The van der Waals surface area contributed by atoms with Crippen molar-refractivity contribution in [1.82, 2.24) is 4.90 Å². The summed E-state index contributed by atoms with van der Waals surface area (Å²) in [7, 11) is 0. The van der Waals surface area contributed by atoms with Gasteiger partial charge in [0.2, 0.25) is 0 Å². The summed E-state index contributed by atoms with van der Waals surface area (Å²) in [5.41, 5.74) is -1.04. The lowest BCUT2D eigenvalue weighted by Gasteiger charge is -2.32. The van der Waals surface area contributed by atoms with E-state index in [0.717, 1.165) is 25.1 Å². The number of hydrogen-bond acceptors (Lipinski definition) is 6. The van der Waals surface area contributed by atoms with Gasteiger partial charge in [0.25, 0.3) is 0 Å². The zero-order valence-electron chi connectivity index (χ0n) is 13.2. The van der Waals surface area contributed by atoms with Gasteiger partial charge in [-0.1, -0.05) is 19.9 Å². The van der Waals surface area contributed by atoms with Gasteiger partial charge < -0.3 is 20.1 Å². The lowest BCUT2D eigenvalue weighted by Crippen LogP contribution is -2.53. The second-order valence-corrected chi connectivity index (χ2v) is 6.31. The van der Waals surface area contributed by atoms with Crippen LogP contribution in [0.3, 0.4) is 0 Å². The van der Waals surface area contributed by atoms with Gasteiger partial charge in [0.05, 0.1) is 18.2 Å². The van der Waals surface area contributed by atoms with E-state index in [0.29, 0.717) is 0 Å². The summed E-state index contributed by atoms with van der Waals surface area (Å²) >= 11 is 0. The maximum absolute atomic E-state index is 12.1. The van der Waals surface area contributed by atoms with Crippen LogP contribution in [0, 0.1) is 5.92 Å². The van der Waals surface area contributed by atoms with Crippen molar-refractivity contribution in [3.8, 4) is 0 Å². The van der Waals surface area contributed by atoms with Crippen LogP contribution in [0.5, 0.6) is 0 Å². The molecule has 0 unspecified atom stereocenters. The van der Waals surface area contributed by atoms with E-state index in [1.54, 1.807) is 13.8 Å². The van der Waals surface area contributed by atoms with Crippen molar-refractivity contribution in [2.75, 3.05) is 19.7 Å². The Kier molecular flexibility index (Phi) is 6.41.